The molecule has 0 saturated carbocycles. The summed E-state index contributed by atoms with van der Waals surface area (Å²) >= 11 is 6.25. The van der Waals surface area contributed by atoms with Crippen LogP contribution in [0.5, 0.6) is 0 Å². The number of halogens is 1. The van der Waals surface area contributed by atoms with Crippen molar-refractivity contribution >= 4 is 22.5 Å². The van der Waals surface area contributed by atoms with Crippen molar-refractivity contribution < 1.29 is 0 Å². The highest BCUT2D eigenvalue weighted by Crippen LogP contribution is 2.36. The zero-order chi connectivity index (χ0) is 17.8. The van der Waals surface area contributed by atoms with Gasteiger partial charge in [0.25, 0.3) is 0 Å². The van der Waals surface area contributed by atoms with Gasteiger partial charge in [-0.1, -0.05) is 55.8 Å². The molecule has 0 aliphatic rings. The molecule has 1 aromatic heterocycles. The van der Waals surface area contributed by atoms with Crippen molar-refractivity contribution in [3.63, 3.8) is 0 Å². The van der Waals surface area contributed by atoms with E-state index in [4.69, 9.17) is 17.3 Å². The topological polar surface area (TPSA) is 41.8 Å². The third-order valence-corrected chi connectivity index (χ3v) is 5.35. The molecular weight excluding hydrogens is 328 g/mol. The van der Waals surface area contributed by atoms with Crippen molar-refractivity contribution in [2.24, 2.45) is 5.73 Å². The molecule has 3 heteroatoms. The molecule has 3 aromatic rings. The lowest BCUT2D eigenvalue weighted by atomic mass is 9.94. The molecule has 1 unspecified atom stereocenters. The third-order valence-electron chi connectivity index (χ3n) is 5.11. The van der Waals surface area contributed by atoms with E-state index in [-0.39, 0.29) is 0 Å². The number of nitrogens with two attached hydrogens (primary N) is 1. The van der Waals surface area contributed by atoms with Gasteiger partial charge in [-0.15, -0.1) is 0 Å². The highest BCUT2D eigenvalue weighted by Gasteiger charge is 2.17. The number of rotatable bonds is 7. The van der Waals surface area contributed by atoms with Crippen molar-refractivity contribution in [3.05, 3.63) is 58.6 Å². The van der Waals surface area contributed by atoms with Crippen LogP contribution in [0, 0.1) is 0 Å². The molecule has 2 nitrogen and oxygen atoms in total. The molecule has 0 spiro atoms. The molecule has 25 heavy (non-hydrogen) atoms. The number of aryl methyl sites for hydroxylation is 1. The second kappa shape index (κ2) is 8.07. The fourth-order valence-corrected chi connectivity index (χ4v) is 3.71. The van der Waals surface area contributed by atoms with Crippen LogP contribution >= 0.6 is 11.6 Å². The highest BCUT2D eigenvalue weighted by molar-refractivity contribution is 6.30. The lowest BCUT2D eigenvalue weighted by Crippen LogP contribution is -1.99. The van der Waals surface area contributed by atoms with Crippen LogP contribution in [0.25, 0.3) is 22.2 Å². The molecule has 0 amide bonds. The summed E-state index contributed by atoms with van der Waals surface area (Å²) in [5.74, 6) is 0.534. The zero-order valence-corrected chi connectivity index (χ0v) is 15.9. The second-order valence-electron chi connectivity index (χ2n) is 6.81. The number of H-pyrrole nitrogens is 1. The normalized spacial score (nSPS) is 12.6. The van der Waals surface area contributed by atoms with Gasteiger partial charge in [-0.2, -0.15) is 0 Å². The molecule has 3 rings (SSSR count). The SMILES string of the molecule is CCC(C)c1cccc2c(CCCCN)c(-c3cccc(Cl)c3)[nH]c12. The van der Waals surface area contributed by atoms with Gasteiger partial charge in [-0.25, -0.2) is 0 Å². The number of aromatic nitrogens is 1. The summed E-state index contributed by atoms with van der Waals surface area (Å²) in [5.41, 5.74) is 12.1. The Bertz CT molecular complexity index is 850. The van der Waals surface area contributed by atoms with Crippen molar-refractivity contribution in [2.75, 3.05) is 6.54 Å². The standard InChI is InChI=1S/C22H27ClN2/c1-3-15(2)18-11-7-12-20-19(10-4-5-13-24)21(25-22(18)20)16-8-6-9-17(23)14-16/h6-9,11-12,14-15,25H,3-5,10,13,24H2,1-2H3. The molecule has 1 atom stereocenters. The molecule has 1 heterocycles. The van der Waals surface area contributed by atoms with Gasteiger partial charge in [0.15, 0.2) is 0 Å². The maximum atomic E-state index is 6.25. The van der Waals surface area contributed by atoms with E-state index >= 15 is 0 Å². The molecule has 0 fully saturated rings. The van der Waals surface area contributed by atoms with E-state index in [2.05, 4.69) is 43.1 Å². The maximum Gasteiger partial charge on any atom is 0.0497 e. The van der Waals surface area contributed by atoms with Gasteiger partial charge in [-0.3, -0.25) is 0 Å². The molecular formula is C22H27ClN2. The van der Waals surface area contributed by atoms with Crippen LogP contribution in [0.1, 0.15) is 50.2 Å². The molecule has 0 aliphatic carbocycles. The number of para-hydroxylation sites is 1. The molecule has 132 valence electrons. The molecule has 2 aromatic carbocycles. The first-order valence-corrected chi connectivity index (χ1v) is 9.63. The van der Waals surface area contributed by atoms with E-state index < -0.39 is 0 Å². The summed E-state index contributed by atoms with van der Waals surface area (Å²) in [6.45, 7) is 5.28. The average molecular weight is 355 g/mol. The summed E-state index contributed by atoms with van der Waals surface area (Å²) in [6.07, 6.45) is 4.31. The number of unbranched alkanes of at least 4 members (excludes halogenated alkanes) is 1. The lowest BCUT2D eigenvalue weighted by Gasteiger charge is -2.10. The number of benzene rings is 2. The van der Waals surface area contributed by atoms with E-state index in [1.807, 2.05) is 18.2 Å². The minimum Gasteiger partial charge on any atom is -0.354 e. The Balaban J connectivity index is 2.18. The Morgan fingerprint density at radius 3 is 2.64 bits per heavy atom. The fraction of sp³-hybridized carbons (Fsp3) is 0.364. The van der Waals surface area contributed by atoms with Gasteiger partial charge >= 0.3 is 0 Å². The Labute approximate surface area is 155 Å². The summed E-state index contributed by atoms with van der Waals surface area (Å²) < 4.78 is 0. The Hall–Kier alpha value is -1.77. The Morgan fingerprint density at radius 2 is 1.92 bits per heavy atom. The number of aromatic amines is 1. The van der Waals surface area contributed by atoms with Gasteiger partial charge in [0.1, 0.15) is 0 Å². The van der Waals surface area contributed by atoms with Gasteiger partial charge in [-0.05, 0) is 67.0 Å². The molecule has 3 N–H and O–H groups in total. The number of nitrogens with one attached hydrogen (secondary N) is 1. The fourth-order valence-electron chi connectivity index (χ4n) is 3.52. The minimum absolute atomic E-state index is 0.534. The maximum absolute atomic E-state index is 6.25. The van der Waals surface area contributed by atoms with Gasteiger partial charge < -0.3 is 10.7 Å². The highest BCUT2D eigenvalue weighted by atomic mass is 35.5. The Kier molecular flexibility index (Phi) is 5.82. The predicted molar refractivity (Wildman–Crippen MR) is 109 cm³/mol. The lowest BCUT2D eigenvalue weighted by molar-refractivity contribution is 0.738. The van der Waals surface area contributed by atoms with Crippen LogP contribution in [0.3, 0.4) is 0 Å². The van der Waals surface area contributed by atoms with Crippen molar-refractivity contribution in [3.8, 4) is 11.3 Å². The van der Waals surface area contributed by atoms with Crippen molar-refractivity contribution in [1.29, 1.82) is 0 Å². The van der Waals surface area contributed by atoms with E-state index in [1.54, 1.807) is 0 Å². The van der Waals surface area contributed by atoms with Gasteiger partial charge in [0.2, 0.25) is 0 Å². The number of hydrogen-bond acceptors (Lipinski definition) is 1. The summed E-state index contributed by atoms with van der Waals surface area (Å²) in [4.78, 5) is 3.73. The van der Waals surface area contributed by atoms with E-state index in [0.717, 1.165) is 42.8 Å². The zero-order valence-electron chi connectivity index (χ0n) is 15.1. The third kappa shape index (κ3) is 3.75. The van der Waals surface area contributed by atoms with E-state index in [0.29, 0.717) is 5.92 Å². The average Bonchev–Trinajstić information content (AvgIpc) is 3.00. The van der Waals surface area contributed by atoms with Crippen LogP contribution in [0.15, 0.2) is 42.5 Å². The van der Waals surface area contributed by atoms with Crippen molar-refractivity contribution in [2.45, 2.75) is 45.4 Å². The summed E-state index contributed by atoms with van der Waals surface area (Å²) in [5, 5.41) is 2.11. The van der Waals surface area contributed by atoms with Gasteiger partial charge in [0, 0.05) is 21.6 Å². The number of hydrogen-bond donors (Lipinski definition) is 2. The molecule has 0 aliphatic heterocycles. The first-order chi connectivity index (χ1) is 12.2. The van der Waals surface area contributed by atoms with Gasteiger partial charge in [0.05, 0.1) is 0 Å². The number of fused-ring (bicyclic) bond motifs is 1. The van der Waals surface area contributed by atoms with Crippen molar-refractivity contribution in [1.82, 2.24) is 4.98 Å². The summed E-state index contributed by atoms with van der Waals surface area (Å²) in [7, 11) is 0. The van der Waals surface area contributed by atoms with E-state index in [1.165, 1.54) is 27.7 Å². The quantitative estimate of drug-likeness (QED) is 0.481. The van der Waals surface area contributed by atoms with Crippen LogP contribution < -0.4 is 5.73 Å². The van der Waals surface area contributed by atoms with Crippen LogP contribution in [-0.2, 0) is 6.42 Å². The minimum atomic E-state index is 0.534. The first-order valence-electron chi connectivity index (χ1n) is 9.25. The first kappa shape index (κ1) is 18.0. The predicted octanol–water partition coefficient (Wildman–Crippen LogP) is 6.28. The summed E-state index contributed by atoms with van der Waals surface area (Å²) in [6, 6.07) is 14.8. The largest absolute Gasteiger partial charge is 0.354 e. The van der Waals surface area contributed by atoms with Crippen LogP contribution in [0.4, 0.5) is 0 Å². The monoisotopic (exact) mass is 354 g/mol. The molecule has 0 saturated heterocycles. The van der Waals surface area contributed by atoms with Crippen LogP contribution in [0.2, 0.25) is 5.02 Å². The smallest absolute Gasteiger partial charge is 0.0497 e. The van der Waals surface area contributed by atoms with E-state index in [9.17, 15) is 0 Å². The molecule has 0 radical (unpaired) electrons. The molecule has 0 bridgehead atoms. The van der Waals surface area contributed by atoms with Crippen LogP contribution in [-0.4, -0.2) is 11.5 Å². The Morgan fingerprint density at radius 1 is 1.12 bits per heavy atom. The second-order valence-corrected chi connectivity index (χ2v) is 7.25.